The molecular formula is C20H19N3O3. The van der Waals surface area contributed by atoms with Crippen LogP contribution in [0.2, 0.25) is 0 Å². The van der Waals surface area contributed by atoms with Crippen molar-refractivity contribution in [1.29, 1.82) is 0 Å². The predicted molar refractivity (Wildman–Crippen MR) is 97.9 cm³/mol. The van der Waals surface area contributed by atoms with E-state index in [4.69, 9.17) is 4.42 Å². The van der Waals surface area contributed by atoms with Crippen molar-refractivity contribution in [2.45, 2.75) is 19.9 Å². The molecule has 132 valence electrons. The minimum absolute atomic E-state index is 0.219. The van der Waals surface area contributed by atoms with Crippen LogP contribution in [0, 0.1) is 0 Å². The van der Waals surface area contributed by atoms with Crippen LogP contribution in [0.15, 0.2) is 65.3 Å². The first-order valence-electron chi connectivity index (χ1n) is 8.33. The number of aryl methyl sites for hydroxylation is 1. The average Bonchev–Trinajstić information content (AvgIpc) is 3.16. The Kier molecular flexibility index (Phi) is 5.43. The number of nitrogens with zero attached hydrogens (tertiary/aromatic N) is 1. The molecule has 0 atom stereocenters. The smallest absolute Gasteiger partial charge is 0.287 e. The van der Waals surface area contributed by atoms with Gasteiger partial charge in [0, 0.05) is 36.6 Å². The summed E-state index contributed by atoms with van der Waals surface area (Å²) >= 11 is 0. The second-order valence-corrected chi connectivity index (χ2v) is 5.69. The molecule has 0 bridgehead atoms. The molecule has 2 heterocycles. The molecule has 0 spiro atoms. The van der Waals surface area contributed by atoms with Crippen molar-refractivity contribution in [2.75, 3.05) is 5.32 Å². The molecule has 0 aliphatic rings. The van der Waals surface area contributed by atoms with E-state index in [0.717, 1.165) is 17.7 Å². The van der Waals surface area contributed by atoms with Gasteiger partial charge in [-0.25, -0.2) is 0 Å². The summed E-state index contributed by atoms with van der Waals surface area (Å²) in [6, 6.07) is 14.0. The molecule has 1 aromatic carbocycles. The molecule has 3 aromatic rings. The lowest BCUT2D eigenvalue weighted by Crippen LogP contribution is -2.22. The summed E-state index contributed by atoms with van der Waals surface area (Å²) in [5.74, 6) is 0.553. The Labute approximate surface area is 151 Å². The molecule has 3 rings (SSSR count). The maximum absolute atomic E-state index is 12.3. The Balaban J connectivity index is 1.61. The van der Waals surface area contributed by atoms with Gasteiger partial charge in [-0.2, -0.15) is 0 Å². The van der Waals surface area contributed by atoms with E-state index in [2.05, 4.69) is 15.6 Å². The zero-order valence-corrected chi connectivity index (χ0v) is 14.4. The number of carbonyl (C=O) groups is 2. The Hall–Kier alpha value is -3.41. The van der Waals surface area contributed by atoms with Gasteiger partial charge in [0.15, 0.2) is 5.76 Å². The largest absolute Gasteiger partial charge is 0.456 e. The lowest BCUT2D eigenvalue weighted by Gasteiger charge is -2.08. The van der Waals surface area contributed by atoms with Crippen LogP contribution in [0.3, 0.4) is 0 Å². The van der Waals surface area contributed by atoms with Gasteiger partial charge in [0.2, 0.25) is 0 Å². The van der Waals surface area contributed by atoms with Gasteiger partial charge in [0.1, 0.15) is 5.76 Å². The third-order valence-corrected chi connectivity index (χ3v) is 3.81. The van der Waals surface area contributed by atoms with E-state index in [1.807, 2.05) is 13.0 Å². The Bertz CT molecular complexity index is 903. The fraction of sp³-hybridized carbons (Fsp3) is 0.150. The second kappa shape index (κ2) is 8.11. The molecule has 0 aliphatic carbocycles. The molecule has 2 N–H and O–H groups in total. The van der Waals surface area contributed by atoms with Gasteiger partial charge in [-0.3, -0.25) is 14.6 Å². The van der Waals surface area contributed by atoms with Gasteiger partial charge in [-0.1, -0.05) is 19.1 Å². The number of aromatic nitrogens is 1. The summed E-state index contributed by atoms with van der Waals surface area (Å²) in [7, 11) is 0. The van der Waals surface area contributed by atoms with Crippen molar-refractivity contribution >= 4 is 17.5 Å². The molecule has 0 fully saturated rings. The number of furan rings is 1. The van der Waals surface area contributed by atoms with E-state index in [1.165, 1.54) is 0 Å². The maximum Gasteiger partial charge on any atom is 0.287 e. The van der Waals surface area contributed by atoms with Crippen molar-refractivity contribution in [3.63, 3.8) is 0 Å². The topological polar surface area (TPSA) is 84.2 Å². The molecule has 2 amide bonds. The summed E-state index contributed by atoms with van der Waals surface area (Å²) < 4.78 is 5.43. The molecule has 0 saturated heterocycles. The van der Waals surface area contributed by atoms with E-state index in [9.17, 15) is 9.59 Å². The molecule has 0 unspecified atom stereocenters. The molecule has 2 aromatic heterocycles. The van der Waals surface area contributed by atoms with Gasteiger partial charge in [-0.05, 0) is 42.0 Å². The first kappa shape index (κ1) is 17.4. The normalized spacial score (nSPS) is 10.3. The van der Waals surface area contributed by atoms with Crippen molar-refractivity contribution in [2.24, 2.45) is 0 Å². The predicted octanol–water partition coefficient (Wildman–Crippen LogP) is 3.42. The molecule has 0 radical (unpaired) electrons. The Morgan fingerprint density at radius 1 is 1.04 bits per heavy atom. The van der Waals surface area contributed by atoms with E-state index in [0.29, 0.717) is 17.8 Å². The SMILES string of the molecule is CCc1ccc(C(=O)NCc2cccc(C(=O)Nc3ccncc3)c2)o1. The number of pyridine rings is 1. The third kappa shape index (κ3) is 4.36. The lowest BCUT2D eigenvalue weighted by molar-refractivity contribution is 0.0921. The minimum Gasteiger partial charge on any atom is -0.456 e. The summed E-state index contributed by atoms with van der Waals surface area (Å²) in [6.07, 6.45) is 3.96. The van der Waals surface area contributed by atoms with Crippen molar-refractivity contribution in [1.82, 2.24) is 10.3 Å². The number of hydrogen-bond acceptors (Lipinski definition) is 4. The van der Waals surface area contributed by atoms with Gasteiger partial charge in [0.25, 0.3) is 11.8 Å². The molecule has 26 heavy (non-hydrogen) atoms. The highest BCUT2D eigenvalue weighted by atomic mass is 16.3. The fourth-order valence-electron chi connectivity index (χ4n) is 2.42. The van der Waals surface area contributed by atoms with Crippen LogP contribution in [0.5, 0.6) is 0 Å². The average molecular weight is 349 g/mol. The highest BCUT2D eigenvalue weighted by molar-refractivity contribution is 6.04. The van der Waals surface area contributed by atoms with Gasteiger partial charge >= 0.3 is 0 Å². The molecule has 0 saturated carbocycles. The van der Waals surface area contributed by atoms with E-state index >= 15 is 0 Å². The van der Waals surface area contributed by atoms with Crippen molar-refractivity contribution in [3.05, 3.63) is 83.6 Å². The van der Waals surface area contributed by atoms with Crippen LogP contribution in [0.25, 0.3) is 0 Å². The summed E-state index contributed by atoms with van der Waals surface area (Å²) in [5.41, 5.74) is 2.01. The number of carbonyl (C=O) groups excluding carboxylic acids is 2. The van der Waals surface area contributed by atoms with Gasteiger partial charge in [-0.15, -0.1) is 0 Å². The Morgan fingerprint density at radius 3 is 2.58 bits per heavy atom. The van der Waals surface area contributed by atoms with Crippen LogP contribution in [0.4, 0.5) is 5.69 Å². The summed E-state index contributed by atoms with van der Waals surface area (Å²) in [6.45, 7) is 2.26. The zero-order chi connectivity index (χ0) is 18.4. The minimum atomic E-state index is -0.281. The van der Waals surface area contributed by atoms with Crippen LogP contribution in [-0.2, 0) is 13.0 Å². The number of anilines is 1. The summed E-state index contributed by atoms with van der Waals surface area (Å²) in [5, 5.41) is 5.60. The fourth-order valence-corrected chi connectivity index (χ4v) is 2.42. The molecular weight excluding hydrogens is 330 g/mol. The van der Waals surface area contributed by atoms with Crippen molar-refractivity contribution in [3.8, 4) is 0 Å². The summed E-state index contributed by atoms with van der Waals surface area (Å²) in [4.78, 5) is 28.4. The number of nitrogens with one attached hydrogen (secondary N) is 2. The van der Waals surface area contributed by atoms with Crippen molar-refractivity contribution < 1.29 is 14.0 Å². The number of hydrogen-bond donors (Lipinski definition) is 2. The highest BCUT2D eigenvalue weighted by Crippen LogP contribution is 2.11. The maximum atomic E-state index is 12.3. The second-order valence-electron chi connectivity index (χ2n) is 5.69. The Morgan fingerprint density at radius 2 is 1.85 bits per heavy atom. The van der Waals surface area contributed by atoms with E-state index in [-0.39, 0.29) is 17.6 Å². The number of rotatable bonds is 6. The van der Waals surface area contributed by atoms with Crippen LogP contribution in [0.1, 0.15) is 39.2 Å². The van der Waals surface area contributed by atoms with Crippen LogP contribution >= 0.6 is 0 Å². The quantitative estimate of drug-likeness (QED) is 0.714. The van der Waals surface area contributed by atoms with E-state index in [1.54, 1.807) is 54.9 Å². The molecule has 6 heteroatoms. The lowest BCUT2D eigenvalue weighted by atomic mass is 10.1. The zero-order valence-electron chi connectivity index (χ0n) is 14.4. The third-order valence-electron chi connectivity index (χ3n) is 3.81. The van der Waals surface area contributed by atoms with Crippen LogP contribution < -0.4 is 10.6 Å². The molecule has 6 nitrogen and oxygen atoms in total. The van der Waals surface area contributed by atoms with Gasteiger partial charge in [0.05, 0.1) is 0 Å². The molecule has 0 aliphatic heterocycles. The highest BCUT2D eigenvalue weighted by Gasteiger charge is 2.11. The standard InChI is InChI=1S/C20H19N3O3/c1-2-17-6-7-18(26-17)20(25)22-13-14-4-3-5-15(12-14)19(24)23-16-8-10-21-11-9-16/h3-12H,2,13H2,1H3,(H,22,25)(H,21,23,24). The van der Waals surface area contributed by atoms with Crippen LogP contribution in [-0.4, -0.2) is 16.8 Å². The van der Waals surface area contributed by atoms with E-state index < -0.39 is 0 Å². The number of amides is 2. The first-order chi connectivity index (χ1) is 12.7. The number of benzene rings is 1. The monoisotopic (exact) mass is 349 g/mol. The first-order valence-corrected chi connectivity index (χ1v) is 8.33. The van der Waals surface area contributed by atoms with Gasteiger partial charge < -0.3 is 15.1 Å².